The van der Waals surface area contributed by atoms with Gasteiger partial charge in [-0.2, -0.15) is 0 Å². The summed E-state index contributed by atoms with van der Waals surface area (Å²) in [5.41, 5.74) is 2.33. The average Bonchev–Trinajstić information content (AvgIpc) is 3.36. The molecule has 1 saturated heterocycles. The Labute approximate surface area is 173 Å². The molecule has 8 heteroatoms. The summed E-state index contributed by atoms with van der Waals surface area (Å²) < 4.78 is 11.1. The van der Waals surface area contributed by atoms with Crippen LogP contribution >= 0.6 is 11.3 Å². The van der Waals surface area contributed by atoms with Crippen LogP contribution in [0.25, 0.3) is 11.3 Å². The minimum atomic E-state index is -0.195. The predicted octanol–water partition coefficient (Wildman–Crippen LogP) is 3.44. The molecular formula is C21H24N4O3S. The van der Waals surface area contributed by atoms with Gasteiger partial charge in [0.1, 0.15) is 5.56 Å². The molecule has 1 aliphatic heterocycles. The van der Waals surface area contributed by atoms with Crippen molar-refractivity contribution in [3.63, 3.8) is 0 Å². The number of thiazole rings is 1. The highest BCUT2D eigenvalue weighted by molar-refractivity contribution is 7.11. The van der Waals surface area contributed by atoms with Gasteiger partial charge in [0, 0.05) is 23.5 Å². The SMILES string of the molecule is CCc1nc(C)sc1CNC(=O)c1c(N2CCOCC2)noc1-c1ccccc1. The number of nitrogens with one attached hydrogen (secondary N) is 1. The summed E-state index contributed by atoms with van der Waals surface area (Å²) >= 11 is 1.62. The Balaban J connectivity index is 1.64. The summed E-state index contributed by atoms with van der Waals surface area (Å²) in [5.74, 6) is 0.862. The van der Waals surface area contributed by atoms with Crippen LogP contribution in [0.4, 0.5) is 5.82 Å². The number of nitrogens with zero attached hydrogens (tertiary/aromatic N) is 3. The Bertz CT molecular complexity index is 977. The largest absolute Gasteiger partial charge is 0.378 e. The molecule has 0 spiro atoms. The Kier molecular flexibility index (Phi) is 5.92. The first-order valence-corrected chi connectivity index (χ1v) is 10.6. The Hall–Kier alpha value is -2.71. The van der Waals surface area contributed by atoms with Crippen LogP contribution in [0.5, 0.6) is 0 Å². The van der Waals surface area contributed by atoms with Gasteiger partial charge in [-0.25, -0.2) is 4.98 Å². The fourth-order valence-electron chi connectivity index (χ4n) is 3.44. The van der Waals surface area contributed by atoms with Gasteiger partial charge >= 0.3 is 0 Å². The van der Waals surface area contributed by atoms with Gasteiger partial charge in [-0.15, -0.1) is 11.3 Å². The van der Waals surface area contributed by atoms with Crippen molar-refractivity contribution in [1.82, 2.24) is 15.5 Å². The molecule has 0 aliphatic carbocycles. The topological polar surface area (TPSA) is 80.5 Å². The zero-order valence-electron chi connectivity index (χ0n) is 16.6. The van der Waals surface area contributed by atoms with Crippen molar-refractivity contribution in [2.24, 2.45) is 0 Å². The van der Waals surface area contributed by atoms with E-state index in [1.54, 1.807) is 11.3 Å². The van der Waals surface area contributed by atoms with Crippen molar-refractivity contribution in [2.45, 2.75) is 26.8 Å². The molecule has 1 aliphatic rings. The van der Waals surface area contributed by atoms with E-state index in [2.05, 4.69) is 22.4 Å². The van der Waals surface area contributed by atoms with Gasteiger partial charge in [0.15, 0.2) is 11.6 Å². The standard InChI is InChI=1S/C21H24N4O3S/c1-3-16-17(29-14(2)23-16)13-22-21(26)18-19(15-7-5-4-6-8-15)28-24-20(18)25-9-11-27-12-10-25/h4-8H,3,9-13H2,1-2H3,(H,22,26). The van der Waals surface area contributed by atoms with Crippen molar-refractivity contribution in [3.8, 4) is 11.3 Å². The number of morpholine rings is 1. The molecule has 1 N–H and O–H groups in total. The molecular weight excluding hydrogens is 388 g/mol. The lowest BCUT2D eigenvalue weighted by atomic mass is 10.1. The van der Waals surface area contributed by atoms with E-state index in [9.17, 15) is 4.79 Å². The van der Waals surface area contributed by atoms with E-state index in [0.29, 0.717) is 50.0 Å². The van der Waals surface area contributed by atoms with Gasteiger partial charge < -0.3 is 19.5 Å². The van der Waals surface area contributed by atoms with Crippen molar-refractivity contribution in [1.29, 1.82) is 0 Å². The van der Waals surface area contributed by atoms with E-state index >= 15 is 0 Å². The molecule has 0 unspecified atom stereocenters. The van der Waals surface area contributed by atoms with Gasteiger partial charge in [0.2, 0.25) is 0 Å². The number of ether oxygens (including phenoxy) is 1. The minimum Gasteiger partial charge on any atom is -0.378 e. The molecule has 7 nitrogen and oxygen atoms in total. The molecule has 3 aromatic rings. The maximum Gasteiger partial charge on any atom is 0.259 e. The van der Waals surface area contributed by atoms with Crippen LogP contribution in [0.1, 0.15) is 32.9 Å². The van der Waals surface area contributed by atoms with Gasteiger partial charge in [0.05, 0.1) is 30.5 Å². The molecule has 152 valence electrons. The number of anilines is 1. The number of carbonyl (C=O) groups excluding carboxylic acids is 1. The van der Waals surface area contributed by atoms with E-state index in [1.165, 1.54) is 0 Å². The highest BCUT2D eigenvalue weighted by atomic mass is 32.1. The molecule has 1 amide bonds. The Morgan fingerprint density at radius 3 is 2.72 bits per heavy atom. The van der Waals surface area contributed by atoms with E-state index in [4.69, 9.17) is 9.26 Å². The summed E-state index contributed by atoms with van der Waals surface area (Å²) in [6, 6.07) is 9.61. The number of benzene rings is 1. The molecule has 3 heterocycles. The minimum absolute atomic E-state index is 0.195. The van der Waals surface area contributed by atoms with Crippen molar-refractivity contribution in [3.05, 3.63) is 51.5 Å². The number of amides is 1. The lowest BCUT2D eigenvalue weighted by molar-refractivity contribution is 0.0950. The number of rotatable bonds is 6. The van der Waals surface area contributed by atoms with Crippen LogP contribution in [0.3, 0.4) is 0 Å². The molecule has 0 bridgehead atoms. The molecule has 29 heavy (non-hydrogen) atoms. The quantitative estimate of drug-likeness (QED) is 0.668. The van der Waals surface area contributed by atoms with E-state index in [0.717, 1.165) is 27.6 Å². The number of carbonyl (C=O) groups is 1. The van der Waals surface area contributed by atoms with Gasteiger partial charge in [-0.3, -0.25) is 4.79 Å². The van der Waals surface area contributed by atoms with Crippen molar-refractivity contribution in [2.75, 3.05) is 31.2 Å². The maximum atomic E-state index is 13.3. The smallest absolute Gasteiger partial charge is 0.259 e. The third-order valence-corrected chi connectivity index (χ3v) is 5.89. The fourth-order valence-corrected chi connectivity index (χ4v) is 4.40. The zero-order valence-corrected chi connectivity index (χ0v) is 17.4. The number of hydrogen-bond acceptors (Lipinski definition) is 7. The molecule has 0 radical (unpaired) electrons. The number of hydrogen-bond donors (Lipinski definition) is 1. The summed E-state index contributed by atoms with van der Waals surface area (Å²) in [6.45, 7) is 7.06. The molecule has 0 saturated carbocycles. The summed E-state index contributed by atoms with van der Waals surface area (Å²) in [6.07, 6.45) is 0.844. The first-order valence-electron chi connectivity index (χ1n) is 9.78. The van der Waals surface area contributed by atoms with Crippen LogP contribution < -0.4 is 10.2 Å². The van der Waals surface area contributed by atoms with E-state index in [-0.39, 0.29) is 5.91 Å². The number of aryl methyl sites for hydroxylation is 2. The molecule has 2 aromatic heterocycles. The lowest BCUT2D eigenvalue weighted by Crippen LogP contribution is -2.38. The van der Waals surface area contributed by atoms with Gasteiger partial charge in [-0.05, 0) is 13.3 Å². The van der Waals surface area contributed by atoms with E-state index in [1.807, 2.05) is 42.2 Å². The Morgan fingerprint density at radius 1 is 1.24 bits per heavy atom. The van der Waals surface area contributed by atoms with Crippen LogP contribution in [0, 0.1) is 6.92 Å². The second-order valence-electron chi connectivity index (χ2n) is 6.81. The highest BCUT2D eigenvalue weighted by Crippen LogP contribution is 2.32. The first-order chi connectivity index (χ1) is 14.2. The third-order valence-electron chi connectivity index (χ3n) is 4.88. The van der Waals surface area contributed by atoms with Crippen molar-refractivity contribution < 1.29 is 14.1 Å². The summed E-state index contributed by atoms with van der Waals surface area (Å²) in [4.78, 5) is 20.9. The predicted molar refractivity (Wildman–Crippen MR) is 112 cm³/mol. The van der Waals surface area contributed by atoms with Gasteiger partial charge in [-0.1, -0.05) is 42.4 Å². The van der Waals surface area contributed by atoms with Crippen molar-refractivity contribution >= 4 is 23.1 Å². The second kappa shape index (κ2) is 8.75. The van der Waals surface area contributed by atoms with Crippen LogP contribution in [0.15, 0.2) is 34.9 Å². The first kappa shape index (κ1) is 19.6. The monoisotopic (exact) mass is 412 g/mol. The van der Waals surface area contributed by atoms with Crippen LogP contribution in [0.2, 0.25) is 0 Å². The lowest BCUT2D eigenvalue weighted by Gasteiger charge is -2.26. The van der Waals surface area contributed by atoms with Crippen LogP contribution in [-0.2, 0) is 17.7 Å². The molecule has 1 fully saturated rings. The van der Waals surface area contributed by atoms with E-state index < -0.39 is 0 Å². The maximum absolute atomic E-state index is 13.3. The zero-order chi connectivity index (χ0) is 20.2. The Morgan fingerprint density at radius 2 is 2.00 bits per heavy atom. The summed E-state index contributed by atoms with van der Waals surface area (Å²) in [5, 5.41) is 8.32. The molecule has 4 rings (SSSR count). The molecule has 1 aromatic carbocycles. The highest BCUT2D eigenvalue weighted by Gasteiger charge is 2.28. The number of aromatic nitrogens is 2. The normalized spacial score (nSPS) is 14.2. The molecule has 0 atom stereocenters. The van der Waals surface area contributed by atoms with Crippen LogP contribution in [-0.4, -0.2) is 42.4 Å². The van der Waals surface area contributed by atoms with Gasteiger partial charge in [0.25, 0.3) is 5.91 Å². The average molecular weight is 413 g/mol. The fraction of sp³-hybridized carbons (Fsp3) is 0.381. The summed E-state index contributed by atoms with van der Waals surface area (Å²) in [7, 11) is 0. The third kappa shape index (κ3) is 4.18. The second-order valence-corrected chi connectivity index (χ2v) is 8.10.